The number of aryl methyl sites for hydroxylation is 1. The SMILES string of the molecule is COCC(C)NC(=S)Nc1ccc(Br)c(C)c1. The molecular formula is C12H17BrN2OS. The molecule has 0 aliphatic heterocycles. The molecule has 0 fully saturated rings. The molecule has 0 aromatic heterocycles. The number of rotatable bonds is 4. The molecule has 0 aliphatic carbocycles. The second-order valence-corrected chi connectivity index (χ2v) is 5.18. The monoisotopic (exact) mass is 316 g/mol. The molecule has 0 saturated carbocycles. The van der Waals surface area contributed by atoms with Gasteiger partial charge in [-0.25, -0.2) is 0 Å². The molecule has 0 bridgehead atoms. The molecular weight excluding hydrogens is 300 g/mol. The van der Waals surface area contributed by atoms with Gasteiger partial charge < -0.3 is 15.4 Å². The Morgan fingerprint density at radius 2 is 2.24 bits per heavy atom. The first-order valence-electron chi connectivity index (χ1n) is 5.35. The van der Waals surface area contributed by atoms with E-state index in [2.05, 4.69) is 26.6 Å². The molecule has 0 amide bonds. The molecule has 0 radical (unpaired) electrons. The van der Waals surface area contributed by atoms with Gasteiger partial charge in [0.15, 0.2) is 5.11 Å². The molecule has 94 valence electrons. The van der Waals surface area contributed by atoms with Gasteiger partial charge in [0.05, 0.1) is 6.61 Å². The standard InChI is InChI=1S/C12H17BrN2OS/c1-8-6-10(4-5-11(8)13)15-12(17)14-9(2)7-16-3/h4-6,9H,7H2,1-3H3,(H2,14,15,17). The molecule has 5 heteroatoms. The van der Waals surface area contributed by atoms with Gasteiger partial charge in [0.1, 0.15) is 0 Å². The van der Waals surface area contributed by atoms with Crippen molar-refractivity contribution in [3.63, 3.8) is 0 Å². The highest BCUT2D eigenvalue weighted by molar-refractivity contribution is 9.10. The predicted octanol–water partition coefficient (Wildman–Crippen LogP) is 3.08. The van der Waals surface area contributed by atoms with Crippen LogP contribution in [-0.2, 0) is 4.74 Å². The number of hydrogen-bond acceptors (Lipinski definition) is 2. The van der Waals surface area contributed by atoms with E-state index in [1.54, 1.807) is 7.11 Å². The van der Waals surface area contributed by atoms with Crippen molar-refractivity contribution in [2.24, 2.45) is 0 Å². The third-order valence-corrected chi connectivity index (χ3v) is 3.32. The maximum atomic E-state index is 5.21. The Hall–Kier alpha value is -0.650. The zero-order valence-corrected chi connectivity index (χ0v) is 12.6. The quantitative estimate of drug-likeness (QED) is 0.836. The fourth-order valence-corrected chi connectivity index (χ4v) is 1.97. The van der Waals surface area contributed by atoms with Gasteiger partial charge in [-0.15, -0.1) is 0 Å². The molecule has 1 aromatic rings. The molecule has 1 unspecified atom stereocenters. The first-order valence-corrected chi connectivity index (χ1v) is 6.55. The van der Waals surface area contributed by atoms with Gasteiger partial charge in [-0.05, 0) is 49.8 Å². The van der Waals surface area contributed by atoms with Gasteiger partial charge in [-0.1, -0.05) is 15.9 Å². The molecule has 3 nitrogen and oxygen atoms in total. The third kappa shape index (κ3) is 5.02. The van der Waals surface area contributed by atoms with Gasteiger partial charge in [-0.3, -0.25) is 0 Å². The molecule has 1 rings (SSSR count). The zero-order chi connectivity index (χ0) is 12.8. The van der Waals surface area contributed by atoms with Crippen LogP contribution < -0.4 is 10.6 Å². The zero-order valence-electron chi connectivity index (χ0n) is 10.2. The summed E-state index contributed by atoms with van der Waals surface area (Å²) in [4.78, 5) is 0. The van der Waals surface area contributed by atoms with Crippen LogP contribution in [0.25, 0.3) is 0 Å². The molecule has 1 atom stereocenters. The van der Waals surface area contributed by atoms with E-state index in [9.17, 15) is 0 Å². The Morgan fingerprint density at radius 1 is 1.53 bits per heavy atom. The van der Waals surface area contributed by atoms with Crippen LogP contribution in [0.5, 0.6) is 0 Å². The maximum absolute atomic E-state index is 5.21. The maximum Gasteiger partial charge on any atom is 0.171 e. The Kier molecular flexibility index (Phi) is 5.88. The number of ether oxygens (including phenoxy) is 1. The number of thiocarbonyl (C=S) groups is 1. The molecule has 17 heavy (non-hydrogen) atoms. The topological polar surface area (TPSA) is 33.3 Å². The summed E-state index contributed by atoms with van der Waals surface area (Å²) in [5.41, 5.74) is 2.15. The Bertz CT molecular complexity index is 398. The number of hydrogen-bond donors (Lipinski definition) is 2. The summed E-state index contributed by atoms with van der Waals surface area (Å²) in [6.45, 7) is 4.69. The van der Waals surface area contributed by atoms with Crippen LogP contribution in [0.1, 0.15) is 12.5 Å². The van der Waals surface area contributed by atoms with E-state index in [-0.39, 0.29) is 6.04 Å². The lowest BCUT2D eigenvalue weighted by atomic mass is 10.2. The van der Waals surface area contributed by atoms with Gasteiger partial charge in [0.25, 0.3) is 0 Å². The number of nitrogens with one attached hydrogen (secondary N) is 2. The van der Waals surface area contributed by atoms with E-state index >= 15 is 0 Å². The van der Waals surface area contributed by atoms with Crippen molar-refractivity contribution in [2.75, 3.05) is 19.0 Å². The summed E-state index contributed by atoms with van der Waals surface area (Å²) in [6, 6.07) is 6.21. The van der Waals surface area contributed by atoms with Crippen molar-refractivity contribution in [1.82, 2.24) is 5.32 Å². The Balaban J connectivity index is 2.53. The predicted molar refractivity (Wildman–Crippen MR) is 79.6 cm³/mol. The van der Waals surface area contributed by atoms with E-state index in [4.69, 9.17) is 17.0 Å². The Labute approximate surface area is 116 Å². The van der Waals surface area contributed by atoms with Gasteiger partial charge >= 0.3 is 0 Å². The summed E-state index contributed by atoms with van der Waals surface area (Å²) in [6.07, 6.45) is 0. The summed E-state index contributed by atoms with van der Waals surface area (Å²) in [5.74, 6) is 0. The Morgan fingerprint density at radius 3 is 2.82 bits per heavy atom. The highest BCUT2D eigenvalue weighted by Crippen LogP contribution is 2.19. The molecule has 2 N–H and O–H groups in total. The first-order chi connectivity index (χ1) is 8.02. The van der Waals surface area contributed by atoms with Crippen molar-refractivity contribution in [3.05, 3.63) is 28.2 Å². The number of benzene rings is 1. The normalized spacial score (nSPS) is 12.0. The molecule has 0 saturated heterocycles. The highest BCUT2D eigenvalue weighted by Gasteiger charge is 2.04. The lowest BCUT2D eigenvalue weighted by Crippen LogP contribution is -2.38. The largest absolute Gasteiger partial charge is 0.383 e. The third-order valence-electron chi connectivity index (χ3n) is 2.21. The van der Waals surface area contributed by atoms with Crippen molar-refractivity contribution in [1.29, 1.82) is 0 Å². The average molecular weight is 317 g/mol. The minimum Gasteiger partial charge on any atom is -0.383 e. The van der Waals surface area contributed by atoms with Gasteiger partial charge in [0, 0.05) is 23.3 Å². The van der Waals surface area contributed by atoms with Crippen molar-refractivity contribution in [3.8, 4) is 0 Å². The first kappa shape index (κ1) is 14.4. The van der Waals surface area contributed by atoms with Crippen LogP contribution in [0.4, 0.5) is 5.69 Å². The molecule has 0 spiro atoms. The lowest BCUT2D eigenvalue weighted by molar-refractivity contribution is 0.179. The van der Waals surface area contributed by atoms with Gasteiger partial charge in [-0.2, -0.15) is 0 Å². The minimum atomic E-state index is 0.191. The van der Waals surface area contributed by atoms with E-state index in [0.29, 0.717) is 11.7 Å². The average Bonchev–Trinajstić information content (AvgIpc) is 2.23. The van der Waals surface area contributed by atoms with Crippen molar-refractivity contribution < 1.29 is 4.74 Å². The smallest absolute Gasteiger partial charge is 0.171 e. The van der Waals surface area contributed by atoms with E-state index in [1.807, 2.05) is 32.0 Å². The summed E-state index contributed by atoms with van der Waals surface area (Å²) >= 11 is 8.68. The second kappa shape index (κ2) is 6.93. The van der Waals surface area contributed by atoms with E-state index in [0.717, 1.165) is 10.2 Å². The molecule has 0 heterocycles. The van der Waals surface area contributed by atoms with Crippen LogP contribution in [-0.4, -0.2) is 24.9 Å². The van der Waals surface area contributed by atoms with Crippen LogP contribution >= 0.6 is 28.1 Å². The number of halogens is 1. The number of anilines is 1. The second-order valence-electron chi connectivity index (χ2n) is 3.92. The van der Waals surface area contributed by atoms with Crippen LogP contribution in [0.3, 0.4) is 0 Å². The highest BCUT2D eigenvalue weighted by atomic mass is 79.9. The van der Waals surface area contributed by atoms with Crippen LogP contribution in [0, 0.1) is 6.92 Å². The van der Waals surface area contributed by atoms with E-state index < -0.39 is 0 Å². The van der Waals surface area contributed by atoms with Crippen molar-refractivity contribution >= 4 is 38.9 Å². The molecule has 1 aromatic carbocycles. The summed E-state index contributed by atoms with van der Waals surface area (Å²) in [5, 5.41) is 6.90. The van der Waals surface area contributed by atoms with Gasteiger partial charge in [0.2, 0.25) is 0 Å². The summed E-state index contributed by atoms with van der Waals surface area (Å²) < 4.78 is 6.13. The van der Waals surface area contributed by atoms with Crippen LogP contribution in [0.2, 0.25) is 0 Å². The minimum absolute atomic E-state index is 0.191. The van der Waals surface area contributed by atoms with E-state index in [1.165, 1.54) is 5.56 Å². The fourth-order valence-electron chi connectivity index (χ4n) is 1.41. The summed E-state index contributed by atoms with van der Waals surface area (Å²) in [7, 11) is 1.67. The number of methoxy groups -OCH3 is 1. The van der Waals surface area contributed by atoms with Crippen LogP contribution in [0.15, 0.2) is 22.7 Å². The van der Waals surface area contributed by atoms with Crippen molar-refractivity contribution in [2.45, 2.75) is 19.9 Å². The fraction of sp³-hybridized carbons (Fsp3) is 0.417. The molecule has 0 aliphatic rings. The lowest BCUT2D eigenvalue weighted by Gasteiger charge is -2.16.